The largest absolute Gasteiger partial charge is 0.384 e. The van der Waals surface area contributed by atoms with E-state index in [2.05, 4.69) is 48.5 Å². The van der Waals surface area contributed by atoms with Crippen LogP contribution in [0.4, 0.5) is 23.0 Å². The first kappa shape index (κ1) is 39.7. The van der Waals surface area contributed by atoms with Crippen LogP contribution < -0.4 is 26.0 Å². The minimum Gasteiger partial charge on any atom is -0.384 e. The third kappa shape index (κ3) is 6.59. The molecule has 3 N–H and O–H groups in total. The molecule has 326 valence electrons. The molecule has 1 unspecified atom stereocenters. The molecule has 4 fully saturated rings. The van der Waals surface area contributed by atoms with E-state index in [0.29, 0.717) is 72.5 Å². The number of likely N-dealkylation sites (tertiary alicyclic amines) is 1. The molecule has 2 atom stereocenters. The summed E-state index contributed by atoms with van der Waals surface area (Å²) >= 11 is 0. The van der Waals surface area contributed by atoms with Crippen molar-refractivity contribution in [1.82, 2.24) is 39.4 Å². The van der Waals surface area contributed by atoms with Crippen molar-refractivity contribution in [2.24, 2.45) is 5.41 Å². The zero-order chi connectivity index (χ0) is 43.2. The van der Waals surface area contributed by atoms with Gasteiger partial charge in [0, 0.05) is 105 Å². The lowest BCUT2D eigenvalue weighted by atomic mass is 9.71. The molecule has 16 nitrogen and oxygen atoms in total. The van der Waals surface area contributed by atoms with E-state index in [-0.39, 0.29) is 35.1 Å². The second-order valence-electron chi connectivity index (χ2n) is 18.6. The summed E-state index contributed by atoms with van der Waals surface area (Å²) in [6, 6.07) is 18.1. The highest BCUT2D eigenvalue weighted by atomic mass is 16.3. The maximum atomic E-state index is 13.6. The fourth-order valence-corrected chi connectivity index (χ4v) is 11.2. The predicted octanol–water partition coefficient (Wildman–Crippen LogP) is 4.23. The number of nitrogens with one attached hydrogen (secondary N) is 2. The molecule has 0 saturated carbocycles. The van der Waals surface area contributed by atoms with Crippen LogP contribution in [0.5, 0.6) is 0 Å². The molecule has 5 aliphatic heterocycles. The van der Waals surface area contributed by atoms with Crippen molar-refractivity contribution in [3.8, 4) is 5.82 Å². The van der Waals surface area contributed by atoms with E-state index in [1.54, 1.807) is 20.5 Å². The van der Waals surface area contributed by atoms with Crippen LogP contribution in [-0.2, 0) is 34.7 Å². The van der Waals surface area contributed by atoms with E-state index in [0.717, 1.165) is 87.5 Å². The number of carbonyl (C=O) groups is 3. The molecule has 5 aromatic rings. The predicted molar refractivity (Wildman–Crippen MR) is 237 cm³/mol. The number of piperidine rings is 2. The molecule has 1 spiro atoms. The Bertz CT molecular complexity index is 2730. The van der Waals surface area contributed by atoms with E-state index >= 15 is 0 Å². The van der Waals surface area contributed by atoms with E-state index < -0.39 is 11.6 Å². The summed E-state index contributed by atoms with van der Waals surface area (Å²) in [5, 5.41) is 17.5. The average Bonchev–Trinajstić information content (AvgIpc) is 3.88. The molecule has 1 aliphatic carbocycles. The first-order valence-corrected chi connectivity index (χ1v) is 22.6. The van der Waals surface area contributed by atoms with E-state index in [1.807, 2.05) is 50.2 Å². The van der Waals surface area contributed by atoms with Crippen molar-refractivity contribution in [1.29, 1.82) is 0 Å². The molecule has 8 heterocycles. The topological polar surface area (TPSA) is 174 Å². The number of pyridine rings is 1. The van der Waals surface area contributed by atoms with Gasteiger partial charge in [-0.1, -0.05) is 26.0 Å². The normalized spacial score (nSPS) is 23.3. The number of rotatable bonds is 10. The molecular weight excluding hydrogens is 799 g/mol. The quantitative estimate of drug-likeness (QED) is 0.171. The number of aryl methyl sites for hydroxylation is 1. The van der Waals surface area contributed by atoms with Gasteiger partial charge in [0.05, 0.1) is 5.69 Å². The Kier molecular flexibility index (Phi) is 9.46. The van der Waals surface area contributed by atoms with Crippen LogP contribution in [-0.4, -0.2) is 108 Å². The molecule has 4 saturated heterocycles. The Hall–Kier alpha value is -6.13. The molecule has 3 amide bonds. The van der Waals surface area contributed by atoms with Gasteiger partial charge in [-0.3, -0.25) is 29.4 Å². The number of aliphatic hydroxyl groups is 1. The molecule has 3 aromatic heterocycles. The number of benzene rings is 2. The molecule has 0 bridgehead atoms. The number of anilines is 4. The van der Waals surface area contributed by atoms with Crippen LogP contribution in [0, 0.1) is 5.41 Å². The zero-order valence-electron chi connectivity index (χ0n) is 35.8. The van der Waals surface area contributed by atoms with Gasteiger partial charge in [0.1, 0.15) is 17.0 Å². The summed E-state index contributed by atoms with van der Waals surface area (Å²) in [6.07, 6.45) is 7.14. The maximum Gasteiger partial charge on any atom is 0.278 e. The molecule has 2 aromatic carbocycles. The lowest BCUT2D eigenvalue weighted by molar-refractivity contribution is -0.136. The number of fused-ring (bicyclic) bond motifs is 3. The maximum absolute atomic E-state index is 13.6. The number of nitrogens with zero attached hydrogens (tertiary/aromatic N) is 9. The smallest absolute Gasteiger partial charge is 0.278 e. The second kappa shape index (κ2) is 15.0. The first-order valence-electron chi connectivity index (χ1n) is 22.6. The van der Waals surface area contributed by atoms with Gasteiger partial charge in [0.25, 0.3) is 11.5 Å². The Morgan fingerprint density at radius 3 is 2.43 bits per heavy atom. The number of carbonyl (C=O) groups excluding carboxylic acids is 3. The summed E-state index contributed by atoms with van der Waals surface area (Å²) < 4.78 is 3.44. The zero-order valence-corrected chi connectivity index (χ0v) is 35.8. The third-order valence-corrected chi connectivity index (χ3v) is 14.6. The Labute approximate surface area is 364 Å². The Morgan fingerprint density at radius 1 is 0.889 bits per heavy atom. The first-order chi connectivity index (χ1) is 30.5. The fraction of sp³-hybridized carbons (Fsp3) is 0.468. The van der Waals surface area contributed by atoms with Gasteiger partial charge in [-0.15, -0.1) is 0 Å². The highest BCUT2D eigenvalue weighted by Crippen LogP contribution is 2.46. The van der Waals surface area contributed by atoms with Crippen molar-refractivity contribution < 1.29 is 19.5 Å². The van der Waals surface area contributed by atoms with E-state index in [9.17, 15) is 24.3 Å². The van der Waals surface area contributed by atoms with Crippen molar-refractivity contribution in [2.45, 2.75) is 96.0 Å². The van der Waals surface area contributed by atoms with Gasteiger partial charge >= 0.3 is 0 Å². The summed E-state index contributed by atoms with van der Waals surface area (Å²) in [7, 11) is 0. The molecule has 11 rings (SSSR count). The Morgan fingerprint density at radius 2 is 1.68 bits per heavy atom. The number of imide groups is 1. The van der Waals surface area contributed by atoms with Gasteiger partial charge in [0.15, 0.2) is 11.5 Å². The highest BCUT2D eigenvalue weighted by Gasteiger charge is 2.54. The van der Waals surface area contributed by atoms with Gasteiger partial charge in [0.2, 0.25) is 17.8 Å². The summed E-state index contributed by atoms with van der Waals surface area (Å²) in [5.74, 6) is 0.151. The fourth-order valence-electron chi connectivity index (χ4n) is 11.2. The van der Waals surface area contributed by atoms with Crippen LogP contribution in [0.3, 0.4) is 0 Å². The van der Waals surface area contributed by atoms with Crippen LogP contribution in [0.2, 0.25) is 0 Å². The van der Waals surface area contributed by atoms with Crippen molar-refractivity contribution in [3.63, 3.8) is 0 Å². The second-order valence-corrected chi connectivity index (χ2v) is 18.6. The van der Waals surface area contributed by atoms with Crippen LogP contribution in [0.25, 0.3) is 16.9 Å². The molecule has 0 radical (unpaired) electrons. The summed E-state index contributed by atoms with van der Waals surface area (Å²) in [6.45, 7) is 11.0. The van der Waals surface area contributed by atoms with E-state index in [4.69, 9.17) is 9.97 Å². The molecule has 63 heavy (non-hydrogen) atoms. The molecule has 16 heteroatoms. The number of aromatic nitrogens is 5. The number of hydrogen-bond acceptors (Lipinski definition) is 12. The van der Waals surface area contributed by atoms with Crippen LogP contribution in [0.1, 0.15) is 86.0 Å². The van der Waals surface area contributed by atoms with Crippen molar-refractivity contribution >= 4 is 51.8 Å². The van der Waals surface area contributed by atoms with Gasteiger partial charge < -0.3 is 25.1 Å². The third-order valence-electron chi connectivity index (χ3n) is 14.6. The van der Waals surface area contributed by atoms with Gasteiger partial charge in [-0.05, 0) is 93.0 Å². The van der Waals surface area contributed by atoms with Crippen LogP contribution >= 0.6 is 0 Å². The van der Waals surface area contributed by atoms with Crippen molar-refractivity contribution in [3.05, 3.63) is 93.5 Å². The average molecular weight is 852 g/mol. The molecule has 6 aliphatic rings. The SMILES string of the molecule is CCCn1c(=O)c2cnc(Nc3ccc(N4CCC(N5CC6(CN(c7cccc8c7CN(C7CCC(=O)NC7=O)C8=O)C6)C5)CC4)cc3)nc2n1-c1ccc2c(n1)[C@@](O)(CC)CC2. The van der Waals surface area contributed by atoms with Gasteiger partial charge in [-0.25, -0.2) is 19.3 Å². The molecular formula is C47H53N11O5. The van der Waals surface area contributed by atoms with Crippen LogP contribution in [0.15, 0.2) is 65.6 Å². The number of hydrogen-bond donors (Lipinski definition) is 3. The standard InChI is InChI=1S/C47H53N11O5/c1-3-20-57-44(62)34-23-48-45(52-41(34)58(57)38-14-8-29-16-19-47(63,4-2)40(29)50-38)49-30-9-11-31(12-10-30)53-21-17-32(18-22-53)54-25-46(26-54)27-55(28-46)36-7-5-6-33-35(36)24-56(43(33)61)37-13-15-39(59)51-42(37)60/h5-12,14,23,32,37,63H,3-4,13,15-22,24-28H2,1-2H3,(H,48,49,52)(H,51,59,60)/t37?,47-/m1/s1. The number of amides is 3. The summed E-state index contributed by atoms with van der Waals surface area (Å²) in [5.41, 5.74) is 6.09. The van der Waals surface area contributed by atoms with E-state index in [1.165, 1.54) is 5.69 Å². The summed E-state index contributed by atoms with van der Waals surface area (Å²) in [4.78, 5) is 74.8. The lowest BCUT2D eigenvalue weighted by Gasteiger charge is -2.63. The van der Waals surface area contributed by atoms with Crippen molar-refractivity contribution in [2.75, 3.05) is 54.4 Å². The van der Waals surface area contributed by atoms with Gasteiger partial charge in [-0.2, -0.15) is 4.98 Å². The Balaban J connectivity index is 0.703. The monoisotopic (exact) mass is 851 g/mol. The lowest BCUT2D eigenvalue weighted by Crippen LogP contribution is -2.74. The minimum atomic E-state index is -0.976. The highest BCUT2D eigenvalue weighted by molar-refractivity contribution is 6.06. The minimum absolute atomic E-state index is 0.127.